The molecule has 0 spiro atoms. The molecule has 76 valence electrons. The van der Waals surface area contributed by atoms with Gasteiger partial charge in [-0.3, -0.25) is 15.1 Å². The third-order valence-electron chi connectivity index (χ3n) is 1.82. The Labute approximate surface area is 89.6 Å². The first kappa shape index (κ1) is 9.72. The summed E-state index contributed by atoms with van der Waals surface area (Å²) in [5.74, 6) is 0. The fourth-order valence-electron chi connectivity index (χ4n) is 1.16. The second-order valence-corrected chi connectivity index (χ2v) is 3.86. The lowest BCUT2D eigenvalue weighted by atomic mass is 10.4. The van der Waals surface area contributed by atoms with Crippen LogP contribution in [0.15, 0.2) is 24.4 Å². The second-order valence-electron chi connectivity index (χ2n) is 2.88. The summed E-state index contributed by atoms with van der Waals surface area (Å²) in [6, 6.07) is 5.39. The van der Waals surface area contributed by atoms with Crippen LogP contribution in [-0.2, 0) is 0 Å². The van der Waals surface area contributed by atoms with E-state index in [0.29, 0.717) is 16.4 Å². The van der Waals surface area contributed by atoms with Crippen molar-refractivity contribution in [1.82, 2.24) is 9.97 Å². The number of rotatable bonds is 2. The molecule has 0 aromatic carbocycles. The minimum Gasteiger partial charge on any atom is -0.257 e. The number of aromatic nitrogens is 2. The number of thiazole rings is 1. The smallest absolute Gasteiger partial charge is 0.257 e. The molecule has 0 atom stereocenters. The zero-order valence-electron chi connectivity index (χ0n) is 7.88. The van der Waals surface area contributed by atoms with E-state index >= 15 is 0 Å². The fourth-order valence-corrected chi connectivity index (χ4v) is 2.02. The molecule has 2 heterocycles. The Balaban J connectivity index is 2.48. The summed E-state index contributed by atoms with van der Waals surface area (Å²) >= 11 is 1.05. The van der Waals surface area contributed by atoms with Gasteiger partial charge in [0.15, 0.2) is 0 Å². The van der Waals surface area contributed by atoms with E-state index in [2.05, 4.69) is 9.97 Å². The average molecular weight is 221 g/mol. The Morgan fingerprint density at radius 1 is 1.47 bits per heavy atom. The topological polar surface area (TPSA) is 68.9 Å². The van der Waals surface area contributed by atoms with E-state index in [4.69, 9.17) is 0 Å². The first-order chi connectivity index (χ1) is 7.18. The maximum absolute atomic E-state index is 10.6. The van der Waals surface area contributed by atoms with Gasteiger partial charge in [-0.25, -0.2) is 4.98 Å². The molecule has 0 radical (unpaired) electrons. The number of hydrogen-bond donors (Lipinski definition) is 0. The van der Waals surface area contributed by atoms with Crippen LogP contribution in [0.3, 0.4) is 0 Å². The highest BCUT2D eigenvalue weighted by molar-refractivity contribution is 7.18. The van der Waals surface area contributed by atoms with Crippen molar-refractivity contribution in [2.75, 3.05) is 0 Å². The molecule has 2 rings (SSSR count). The largest absolute Gasteiger partial charge is 0.347 e. The number of nitro groups is 1. The van der Waals surface area contributed by atoms with Crippen molar-refractivity contribution in [2.45, 2.75) is 6.92 Å². The van der Waals surface area contributed by atoms with Gasteiger partial charge in [0.2, 0.25) is 0 Å². The summed E-state index contributed by atoms with van der Waals surface area (Å²) < 4.78 is 0. The summed E-state index contributed by atoms with van der Waals surface area (Å²) in [5, 5.41) is 11.3. The van der Waals surface area contributed by atoms with Crippen molar-refractivity contribution in [3.05, 3.63) is 40.2 Å². The molecule has 5 nitrogen and oxygen atoms in total. The van der Waals surface area contributed by atoms with Crippen molar-refractivity contribution >= 4 is 16.3 Å². The Hall–Kier alpha value is -1.82. The number of nitrogens with zero attached hydrogens (tertiary/aromatic N) is 3. The van der Waals surface area contributed by atoms with E-state index < -0.39 is 4.92 Å². The van der Waals surface area contributed by atoms with Crippen molar-refractivity contribution in [3.63, 3.8) is 0 Å². The quantitative estimate of drug-likeness (QED) is 0.576. The van der Waals surface area contributed by atoms with Crippen LogP contribution in [0.1, 0.15) is 5.69 Å². The fraction of sp³-hybridized carbons (Fsp3) is 0.111. The van der Waals surface area contributed by atoms with Crippen LogP contribution in [0.25, 0.3) is 10.7 Å². The molecular formula is C9H7N3O2S. The van der Waals surface area contributed by atoms with E-state index in [1.807, 2.05) is 6.07 Å². The molecule has 0 bridgehead atoms. The molecule has 0 saturated carbocycles. The molecule has 0 fully saturated rings. The van der Waals surface area contributed by atoms with Crippen LogP contribution in [0.2, 0.25) is 0 Å². The van der Waals surface area contributed by atoms with Gasteiger partial charge in [-0.2, -0.15) is 0 Å². The molecule has 0 aliphatic heterocycles. The predicted molar refractivity (Wildman–Crippen MR) is 56.7 cm³/mol. The zero-order chi connectivity index (χ0) is 10.8. The van der Waals surface area contributed by atoms with Crippen molar-refractivity contribution in [1.29, 1.82) is 0 Å². The normalized spacial score (nSPS) is 10.2. The van der Waals surface area contributed by atoms with Gasteiger partial charge in [0.1, 0.15) is 10.7 Å². The third kappa shape index (κ3) is 1.84. The summed E-state index contributed by atoms with van der Waals surface area (Å²) in [6.45, 7) is 1.63. The molecule has 0 amide bonds. The maximum Gasteiger partial charge on any atom is 0.347 e. The Bertz CT molecular complexity index is 495. The summed E-state index contributed by atoms with van der Waals surface area (Å²) in [7, 11) is 0. The highest BCUT2D eigenvalue weighted by Crippen LogP contribution is 2.31. The Morgan fingerprint density at radius 3 is 2.80 bits per heavy atom. The van der Waals surface area contributed by atoms with E-state index in [0.717, 1.165) is 11.3 Å². The molecule has 2 aromatic rings. The van der Waals surface area contributed by atoms with Gasteiger partial charge in [0.05, 0.1) is 10.6 Å². The number of pyridine rings is 1. The van der Waals surface area contributed by atoms with Crippen molar-refractivity contribution in [2.24, 2.45) is 0 Å². The molecule has 0 N–H and O–H groups in total. The lowest BCUT2D eigenvalue weighted by Gasteiger charge is -1.90. The van der Waals surface area contributed by atoms with Gasteiger partial charge in [0.25, 0.3) is 0 Å². The van der Waals surface area contributed by atoms with E-state index in [1.54, 1.807) is 25.3 Å². The monoisotopic (exact) mass is 221 g/mol. The first-order valence-electron chi connectivity index (χ1n) is 4.21. The van der Waals surface area contributed by atoms with E-state index in [1.165, 1.54) is 0 Å². The SMILES string of the molecule is Cc1nc(-c2ccccn2)sc1[N+](=O)[O-]. The minimum absolute atomic E-state index is 0.0793. The van der Waals surface area contributed by atoms with Gasteiger partial charge in [-0.15, -0.1) is 0 Å². The molecular weight excluding hydrogens is 214 g/mol. The highest BCUT2D eigenvalue weighted by Gasteiger charge is 2.18. The standard InChI is InChI=1S/C9H7N3O2S/c1-6-9(12(13)14)15-8(11-6)7-4-2-3-5-10-7/h2-5H,1H3. The van der Waals surface area contributed by atoms with Gasteiger partial charge in [-0.05, 0) is 30.4 Å². The average Bonchev–Trinajstić information content (AvgIpc) is 2.62. The van der Waals surface area contributed by atoms with Crippen LogP contribution >= 0.6 is 11.3 Å². The molecule has 6 heteroatoms. The molecule has 15 heavy (non-hydrogen) atoms. The Morgan fingerprint density at radius 2 is 2.27 bits per heavy atom. The predicted octanol–water partition coefficient (Wildman–Crippen LogP) is 2.42. The molecule has 0 saturated heterocycles. The van der Waals surface area contributed by atoms with Gasteiger partial charge >= 0.3 is 5.00 Å². The van der Waals surface area contributed by atoms with Crippen LogP contribution in [-0.4, -0.2) is 14.9 Å². The van der Waals surface area contributed by atoms with Gasteiger partial charge < -0.3 is 0 Å². The highest BCUT2D eigenvalue weighted by atomic mass is 32.1. The van der Waals surface area contributed by atoms with Crippen LogP contribution in [0.4, 0.5) is 5.00 Å². The lowest BCUT2D eigenvalue weighted by molar-refractivity contribution is -0.380. The lowest BCUT2D eigenvalue weighted by Crippen LogP contribution is -1.85. The van der Waals surface area contributed by atoms with Crippen molar-refractivity contribution < 1.29 is 4.92 Å². The third-order valence-corrected chi connectivity index (χ3v) is 2.95. The summed E-state index contributed by atoms with van der Waals surface area (Å²) in [4.78, 5) is 18.4. The second kappa shape index (κ2) is 3.74. The summed E-state index contributed by atoms with van der Waals surface area (Å²) in [5.41, 5.74) is 1.10. The molecule has 0 unspecified atom stereocenters. The maximum atomic E-state index is 10.6. The zero-order valence-corrected chi connectivity index (χ0v) is 8.69. The first-order valence-corrected chi connectivity index (χ1v) is 5.03. The van der Waals surface area contributed by atoms with Crippen LogP contribution in [0.5, 0.6) is 0 Å². The van der Waals surface area contributed by atoms with Gasteiger partial charge in [-0.1, -0.05) is 6.07 Å². The van der Waals surface area contributed by atoms with Gasteiger partial charge in [0, 0.05) is 6.20 Å². The minimum atomic E-state index is -0.417. The Kier molecular flexibility index (Phi) is 2.42. The number of aryl methyl sites for hydroxylation is 1. The summed E-state index contributed by atoms with van der Waals surface area (Å²) in [6.07, 6.45) is 1.64. The van der Waals surface area contributed by atoms with E-state index in [-0.39, 0.29) is 5.00 Å². The van der Waals surface area contributed by atoms with Crippen LogP contribution in [0, 0.1) is 17.0 Å². The molecule has 0 aliphatic carbocycles. The molecule has 0 aliphatic rings. The van der Waals surface area contributed by atoms with Crippen molar-refractivity contribution in [3.8, 4) is 10.7 Å². The molecule has 2 aromatic heterocycles. The van der Waals surface area contributed by atoms with Crippen LogP contribution < -0.4 is 0 Å². The number of hydrogen-bond acceptors (Lipinski definition) is 5. The van der Waals surface area contributed by atoms with E-state index in [9.17, 15) is 10.1 Å².